The first-order valence-corrected chi connectivity index (χ1v) is 8.08. The van der Waals surface area contributed by atoms with Crippen LogP contribution in [0, 0.1) is 18.3 Å². The van der Waals surface area contributed by atoms with E-state index in [1.807, 2.05) is 31.2 Å². The second-order valence-corrected chi connectivity index (χ2v) is 5.86. The predicted molar refractivity (Wildman–Crippen MR) is 89.3 cm³/mol. The van der Waals surface area contributed by atoms with Crippen LogP contribution in [0.5, 0.6) is 0 Å². The summed E-state index contributed by atoms with van der Waals surface area (Å²) in [7, 11) is 0. The highest BCUT2D eigenvalue weighted by molar-refractivity contribution is 5.90. The quantitative estimate of drug-likeness (QED) is 0.917. The van der Waals surface area contributed by atoms with E-state index in [0.29, 0.717) is 25.4 Å². The number of hydrogen-bond acceptors (Lipinski definition) is 4. The molecule has 2 aromatic rings. The van der Waals surface area contributed by atoms with E-state index in [2.05, 4.69) is 22.6 Å². The summed E-state index contributed by atoms with van der Waals surface area (Å²) in [6, 6.07) is 12.0. The van der Waals surface area contributed by atoms with Crippen molar-refractivity contribution in [3.05, 3.63) is 47.2 Å². The third-order valence-electron chi connectivity index (χ3n) is 4.07. The lowest BCUT2D eigenvalue weighted by molar-refractivity contribution is -0.119. The molecule has 0 fully saturated rings. The topological polar surface area (TPSA) is 79.9 Å². The molecule has 1 N–H and O–H groups in total. The fraction of sp³-hybridized carbons (Fsp3) is 0.389. The second kappa shape index (κ2) is 7.28. The molecule has 124 valence electrons. The van der Waals surface area contributed by atoms with Gasteiger partial charge in [0.2, 0.25) is 5.91 Å². The van der Waals surface area contributed by atoms with Crippen LogP contribution in [0.4, 0.5) is 5.82 Å². The van der Waals surface area contributed by atoms with Crippen LogP contribution in [0.1, 0.15) is 35.8 Å². The van der Waals surface area contributed by atoms with Crippen LogP contribution in [0.3, 0.4) is 0 Å². The molecule has 1 unspecified atom stereocenters. The summed E-state index contributed by atoms with van der Waals surface area (Å²) in [4.78, 5) is 12.4. The summed E-state index contributed by atoms with van der Waals surface area (Å²) in [5.74, 6) is 0.506. The summed E-state index contributed by atoms with van der Waals surface area (Å²) in [6.07, 6.45) is 1.28. The van der Waals surface area contributed by atoms with Gasteiger partial charge in [-0.25, -0.2) is 4.68 Å². The molecule has 0 radical (unpaired) electrons. The average molecular weight is 324 g/mol. The van der Waals surface area contributed by atoms with Gasteiger partial charge in [0.15, 0.2) is 0 Å². The Balaban J connectivity index is 1.68. The van der Waals surface area contributed by atoms with E-state index < -0.39 is 0 Å². The second-order valence-electron chi connectivity index (χ2n) is 5.86. The van der Waals surface area contributed by atoms with Crippen molar-refractivity contribution in [2.24, 2.45) is 0 Å². The minimum atomic E-state index is -0.216. The third kappa shape index (κ3) is 3.63. The SMILES string of the molecule is Cc1cc(NC(=O)CC2OCCc3ccccc32)n(CCC#N)n1. The van der Waals surface area contributed by atoms with Gasteiger partial charge in [0.1, 0.15) is 5.82 Å². The summed E-state index contributed by atoms with van der Waals surface area (Å²) >= 11 is 0. The number of hydrogen-bond donors (Lipinski definition) is 1. The molecule has 6 nitrogen and oxygen atoms in total. The molecule has 1 aliphatic heterocycles. The van der Waals surface area contributed by atoms with Gasteiger partial charge in [0.25, 0.3) is 0 Å². The number of nitrogens with zero attached hydrogens (tertiary/aromatic N) is 3. The molecule has 1 aliphatic rings. The zero-order valence-corrected chi connectivity index (χ0v) is 13.7. The molecule has 0 saturated carbocycles. The summed E-state index contributed by atoms with van der Waals surface area (Å²) < 4.78 is 7.45. The van der Waals surface area contributed by atoms with Crippen molar-refractivity contribution < 1.29 is 9.53 Å². The number of carbonyl (C=O) groups is 1. The number of amides is 1. The maximum absolute atomic E-state index is 12.4. The first kappa shape index (κ1) is 16.2. The van der Waals surface area contributed by atoms with Gasteiger partial charge in [-0.1, -0.05) is 24.3 Å². The molecule has 3 rings (SSSR count). The number of ether oxygens (including phenoxy) is 1. The number of nitrogens with one attached hydrogen (secondary N) is 1. The van der Waals surface area contributed by atoms with Gasteiger partial charge in [-0.3, -0.25) is 4.79 Å². The minimum absolute atomic E-state index is 0.116. The Morgan fingerprint density at radius 3 is 3.17 bits per heavy atom. The van der Waals surface area contributed by atoms with Gasteiger partial charge in [-0.15, -0.1) is 0 Å². The van der Waals surface area contributed by atoms with Gasteiger partial charge in [0, 0.05) is 6.07 Å². The normalized spacial score (nSPS) is 16.2. The zero-order chi connectivity index (χ0) is 16.9. The third-order valence-corrected chi connectivity index (χ3v) is 4.07. The van der Waals surface area contributed by atoms with E-state index in [4.69, 9.17) is 10.00 Å². The van der Waals surface area contributed by atoms with Crippen LogP contribution in [0.2, 0.25) is 0 Å². The molecule has 2 heterocycles. The molecule has 24 heavy (non-hydrogen) atoms. The van der Waals surface area contributed by atoms with Gasteiger partial charge >= 0.3 is 0 Å². The number of fused-ring (bicyclic) bond motifs is 1. The van der Waals surface area contributed by atoms with Crippen molar-refractivity contribution in [2.75, 3.05) is 11.9 Å². The van der Waals surface area contributed by atoms with E-state index in [1.54, 1.807) is 4.68 Å². The molecule has 6 heteroatoms. The van der Waals surface area contributed by atoms with E-state index in [1.165, 1.54) is 5.56 Å². The molecule has 1 atom stereocenters. The van der Waals surface area contributed by atoms with Crippen molar-refractivity contribution in [1.29, 1.82) is 5.26 Å². The average Bonchev–Trinajstić information content (AvgIpc) is 2.92. The molecule has 0 spiro atoms. The van der Waals surface area contributed by atoms with Crippen LogP contribution in [0.25, 0.3) is 0 Å². The molecular formula is C18H20N4O2. The Hall–Kier alpha value is -2.65. The van der Waals surface area contributed by atoms with Crippen LogP contribution >= 0.6 is 0 Å². The van der Waals surface area contributed by atoms with Crippen LogP contribution in [-0.4, -0.2) is 22.3 Å². The molecule has 1 aromatic heterocycles. The Labute approximate surface area is 141 Å². The smallest absolute Gasteiger partial charge is 0.228 e. The molecule has 1 amide bonds. The van der Waals surface area contributed by atoms with Gasteiger partial charge in [-0.2, -0.15) is 10.4 Å². The first-order chi connectivity index (χ1) is 11.7. The zero-order valence-electron chi connectivity index (χ0n) is 13.7. The lowest BCUT2D eigenvalue weighted by atomic mass is 9.96. The van der Waals surface area contributed by atoms with Crippen LogP contribution in [0.15, 0.2) is 30.3 Å². The van der Waals surface area contributed by atoms with Crippen molar-refractivity contribution in [3.8, 4) is 6.07 Å². The standard InChI is InChI=1S/C18H20N4O2/c1-13-11-17(22(21-13)9-4-8-19)20-18(23)12-16-15-6-3-2-5-14(15)7-10-24-16/h2-3,5-6,11,16H,4,7,9-10,12H2,1H3,(H,20,23). The highest BCUT2D eigenvalue weighted by Gasteiger charge is 2.23. The Kier molecular flexibility index (Phi) is 4.92. The molecular weight excluding hydrogens is 304 g/mol. The maximum atomic E-state index is 12.4. The number of aromatic nitrogens is 2. The number of anilines is 1. The van der Waals surface area contributed by atoms with Crippen LogP contribution < -0.4 is 5.32 Å². The fourth-order valence-corrected chi connectivity index (χ4v) is 2.98. The molecule has 0 saturated heterocycles. The fourth-order valence-electron chi connectivity index (χ4n) is 2.98. The van der Waals surface area contributed by atoms with Crippen molar-refractivity contribution in [1.82, 2.24) is 9.78 Å². The van der Waals surface area contributed by atoms with E-state index in [9.17, 15) is 4.79 Å². The number of carbonyl (C=O) groups excluding carboxylic acids is 1. The first-order valence-electron chi connectivity index (χ1n) is 8.08. The van der Waals surface area contributed by atoms with E-state index in [-0.39, 0.29) is 18.4 Å². The van der Waals surface area contributed by atoms with Crippen LogP contribution in [-0.2, 0) is 22.5 Å². The number of rotatable bonds is 5. The summed E-state index contributed by atoms with van der Waals surface area (Å²) in [5.41, 5.74) is 3.15. The van der Waals surface area contributed by atoms with E-state index in [0.717, 1.165) is 17.7 Å². The Bertz CT molecular complexity index is 776. The van der Waals surface area contributed by atoms with Gasteiger partial charge in [0.05, 0.1) is 43.9 Å². The molecule has 0 bridgehead atoms. The van der Waals surface area contributed by atoms with Crippen molar-refractivity contribution in [2.45, 2.75) is 38.8 Å². The number of benzene rings is 1. The minimum Gasteiger partial charge on any atom is -0.373 e. The highest BCUT2D eigenvalue weighted by atomic mass is 16.5. The highest BCUT2D eigenvalue weighted by Crippen LogP contribution is 2.29. The summed E-state index contributed by atoms with van der Waals surface area (Å²) in [5, 5.41) is 15.9. The Morgan fingerprint density at radius 2 is 2.33 bits per heavy atom. The predicted octanol–water partition coefficient (Wildman–Crippen LogP) is 2.75. The van der Waals surface area contributed by atoms with Gasteiger partial charge in [-0.05, 0) is 24.5 Å². The largest absolute Gasteiger partial charge is 0.373 e. The van der Waals surface area contributed by atoms with Crippen molar-refractivity contribution in [3.63, 3.8) is 0 Å². The maximum Gasteiger partial charge on any atom is 0.228 e. The number of nitriles is 1. The van der Waals surface area contributed by atoms with Gasteiger partial charge < -0.3 is 10.1 Å². The van der Waals surface area contributed by atoms with E-state index >= 15 is 0 Å². The lowest BCUT2D eigenvalue weighted by Crippen LogP contribution is -2.23. The molecule has 1 aromatic carbocycles. The molecule has 0 aliphatic carbocycles. The Morgan fingerprint density at radius 1 is 1.50 bits per heavy atom. The lowest BCUT2D eigenvalue weighted by Gasteiger charge is -2.25. The summed E-state index contributed by atoms with van der Waals surface area (Å²) in [6.45, 7) is 2.95. The number of aryl methyl sites for hydroxylation is 2. The monoisotopic (exact) mass is 324 g/mol. The van der Waals surface area contributed by atoms with Crippen molar-refractivity contribution >= 4 is 11.7 Å².